The molecule has 4 rings (SSSR count). The number of rotatable bonds is 12. The van der Waals surface area contributed by atoms with Gasteiger partial charge in [0.05, 0.1) is 29.7 Å². The summed E-state index contributed by atoms with van der Waals surface area (Å²) in [6.45, 7) is 5.27. The summed E-state index contributed by atoms with van der Waals surface area (Å²) in [6.07, 6.45) is 4.21. The summed E-state index contributed by atoms with van der Waals surface area (Å²) in [5, 5.41) is 4.12. The smallest absolute Gasteiger partial charge is 0.318 e. The second-order valence-electron chi connectivity index (χ2n) is 10.2. The summed E-state index contributed by atoms with van der Waals surface area (Å²) in [6, 6.07) is 9.04. The highest BCUT2D eigenvalue weighted by Gasteiger charge is 2.21. The molecule has 0 saturated carbocycles. The number of nitrogens with one attached hydrogen (secondary N) is 2. The maximum Gasteiger partial charge on any atom is 0.318 e. The number of nitrogens with zero attached hydrogens (tertiary/aromatic N) is 7. The summed E-state index contributed by atoms with van der Waals surface area (Å²) in [5.41, 5.74) is 2.91. The summed E-state index contributed by atoms with van der Waals surface area (Å²) < 4.78 is 9.41. The third-order valence-electron chi connectivity index (χ3n) is 6.96. The Balaban J connectivity index is 1.61. The van der Waals surface area contributed by atoms with Gasteiger partial charge in [0.25, 0.3) is 11.5 Å². The van der Waals surface area contributed by atoms with Crippen LogP contribution in [0.1, 0.15) is 41.0 Å². The van der Waals surface area contributed by atoms with Gasteiger partial charge in [0.15, 0.2) is 5.69 Å². The summed E-state index contributed by atoms with van der Waals surface area (Å²) in [4.78, 5) is 47.9. The van der Waals surface area contributed by atoms with Gasteiger partial charge in [-0.1, -0.05) is 29.6 Å². The topological polar surface area (TPSA) is 130 Å². The lowest BCUT2D eigenvalue weighted by atomic mass is 10.0. The zero-order valence-corrected chi connectivity index (χ0v) is 26.9. The number of halogens is 1. The van der Waals surface area contributed by atoms with Crippen LogP contribution in [0.2, 0.25) is 5.15 Å². The normalized spacial score (nSPS) is 11.7. The Labute approximate surface area is 260 Å². The number of carbonyl (C=O) groups is 1. The lowest BCUT2D eigenvalue weighted by Crippen LogP contribution is -2.31. The van der Waals surface area contributed by atoms with E-state index in [0.717, 1.165) is 29.9 Å². The van der Waals surface area contributed by atoms with Crippen molar-refractivity contribution in [1.82, 2.24) is 29.2 Å². The van der Waals surface area contributed by atoms with E-state index in [1.54, 1.807) is 36.2 Å². The van der Waals surface area contributed by atoms with Crippen molar-refractivity contribution in [2.45, 2.75) is 26.3 Å². The Hall–Kier alpha value is -4.10. The Kier molecular flexibility index (Phi) is 10.3. The monoisotopic (exact) mass is 625 g/mol. The van der Waals surface area contributed by atoms with Gasteiger partial charge >= 0.3 is 6.01 Å². The fraction of sp³-hybridized carbons (Fsp3) is 0.379. The second kappa shape index (κ2) is 13.9. The number of ether oxygens (including phenoxy) is 1. The molecule has 3 heterocycles. The maximum absolute atomic E-state index is 13.6. The number of carbonyl (C=O) groups excluding carboxylic acids is 1. The van der Waals surface area contributed by atoms with Gasteiger partial charge < -0.3 is 19.9 Å². The first-order valence-corrected chi connectivity index (χ1v) is 15.2. The van der Waals surface area contributed by atoms with E-state index in [1.807, 2.05) is 55.9 Å². The molecule has 1 amide bonds. The van der Waals surface area contributed by atoms with Crippen molar-refractivity contribution in [3.8, 4) is 6.01 Å². The minimum absolute atomic E-state index is 0.137. The third kappa shape index (κ3) is 7.28. The van der Waals surface area contributed by atoms with E-state index in [2.05, 4.69) is 25.0 Å². The van der Waals surface area contributed by atoms with Crippen LogP contribution in [0.3, 0.4) is 0 Å². The molecule has 1 aromatic carbocycles. The molecule has 0 fully saturated rings. The molecule has 0 aliphatic heterocycles. The predicted octanol–water partition coefficient (Wildman–Crippen LogP) is 4.23. The lowest BCUT2D eigenvalue weighted by molar-refractivity contribution is 0.0980. The van der Waals surface area contributed by atoms with Crippen LogP contribution in [0, 0.1) is 6.92 Å². The van der Waals surface area contributed by atoms with Crippen LogP contribution in [0.15, 0.2) is 41.3 Å². The standard InChI is InChI=1S/C29H36ClN9O3S/c1-17-15-19(18(2)32-21-9-10-22(30)33-25(21)26(40)36-43-7)24-20(16-17)27(41)39(5)29(35-24)38(4)14-8-13-37(3)23-11-12-31-28(34-23)42-6/h9-12,15-16,18,32H,8,13-14H2,1-7H3,(H,36,40). The van der Waals surface area contributed by atoms with E-state index >= 15 is 0 Å². The average Bonchev–Trinajstić information content (AvgIpc) is 2.99. The van der Waals surface area contributed by atoms with E-state index in [1.165, 1.54) is 19.1 Å². The van der Waals surface area contributed by atoms with Crippen molar-refractivity contribution < 1.29 is 9.53 Å². The van der Waals surface area contributed by atoms with Gasteiger partial charge in [-0.25, -0.2) is 15.0 Å². The van der Waals surface area contributed by atoms with Crippen LogP contribution < -0.4 is 30.1 Å². The molecule has 0 radical (unpaired) electrons. The molecule has 0 saturated heterocycles. The van der Waals surface area contributed by atoms with Crippen molar-refractivity contribution in [3.63, 3.8) is 0 Å². The van der Waals surface area contributed by atoms with Gasteiger partial charge in [-0.3, -0.25) is 18.9 Å². The first kappa shape index (κ1) is 31.8. The van der Waals surface area contributed by atoms with Crippen LogP contribution in [0.4, 0.5) is 17.5 Å². The molecule has 1 atom stereocenters. The van der Waals surface area contributed by atoms with Crippen molar-refractivity contribution in [1.29, 1.82) is 0 Å². The number of methoxy groups -OCH3 is 1. The molecule has 43 heavy (non-hydrogen) atoms. The minimum atomic E-state index is -0.362. The van der Waals surface area contributed by atoms with E-state index < -0.39 is 0 Å². The van der Waals surface area contributed by atoms with Crippen molar-refractivity contribution in [3.05, 3.63) is 68.9 Å². The molecule has 0 bridgehead atoms. The van der Waals surface area contributed by atoms with Crippen molar-refractivity contribution >= 4 is 57.8 Å². The molecule has 1 unspecified atom stereocenters. The number of aromatic nitrogens is 5. The lowest BCUT2D eigenvalue weighted by Gasteiger charge is -2.25. The van der Waals surface area contributed by atoms with E-state index in [-0.39, 0.29) is 28.4 Å². The molecular formula is C29H36ClN9O3S. The largest absolute Gasteiger partial charge is 0.467 e. The first-order chi connectivity index (χ1) is 20.5. The number of hydrogen-bond donors (Lipinski definition) is 2. The van der Waals surface area contributed by atoms with E-state index in [0.29, 0.717) is 35.1 Å². The Morgan fingerprint density at radius 2 is 1.88 bits per heavy atom. The molecule has 12 nitrogen and oxygen atoms in total. The highest BCUT2D eigenvalue weighted by Crippen LogP contribution is 2.29. The van der Waals surface area contributed by atoms with Crippen LogP contribution in [0.25, 0.3) is 10.9 Å². The zero-order valence-electron chi connectivity index (χ0n) is 25.3. The first-order valence-electron chi connectivity index (χ1n) is 13.6. The third-order valence-corrected chi connectivity index (χ3v) is 7.56. The average molecular weight is 626 g/mol. The van der Waals surface area contributed by atoms with Crippen LogP contribution in [-0.4, -0.2) is 71.0 Å². The predicted molar refractivity (Wildman–Crippen MR) is 174 cm³/mol. The van der Waals surface area contributed by atoms with Gasteiger partial charge in [0, 0.05) is 52.2 Å². The molecule has 228 valence electrons. The van der Waals surface area contributed by atoms with Crippen molar-refractivity contribution in [2.24, 2.45) is 7.05 Å². The molecule has 0 aliphatic rings. The minimum Gasteiger partial charge on any atom is -0.467 e. The zero-order chi connectivity index (χ0) is 31.3. The quantitative estimate of drug-likeness (QED) is 0.173. The van der Waals surface area contributed by atoms with Crippen LogP contribution >= 0.6 is 23.5 Å². The highest BCUT2D eigenvalue weighted by atomic mass is 35.5. The molecule has 4 aromatic rings. The van der Waals surface area contributed by atoms with Crippen LogP contribution in [0.5, 0.6) is 6.01 Å². The SMILES string of the molecule is COc1nccc(N(C)CCCN(C)c2nc3c(C(C)Nc4ccc(Cl)nc4C(=O)NSC)cc(C)cc3c(=O)n2C)n1. The number of hydrogen-bond acceptors (Lipinski definition) is 11. The number of fused-ring (bicyclic) bond motifs is 1. The highest BCUT2D eigenvalue weighted by molar-refractivity contribution is 7.97. The maximum atomic E-state index is 13.6. The number of amides is 1. The fourth-order valence-electron chi connectivity index (χ4n) is 4.79. The molecule has 3 aromatic heterocycles. The number of pyridine rings is 1. The second-order valence-corrected chi connectivity index (χ2v) is 11.2. The van der Waals surface area contributed by atoms with Gasteiger partial charge in [0.1, 0.15) is 11.0 Å². The number of aryl methyl sites for hydroxylation is 1. The molecule has 2 N–H and O–H groups in total. The summed E-state index contributed by atoms with van der Waals surface area (Å²) in [5.74, 6) is 0.950. The molecule has 0 spiro atoms. The Bertz CT molecular complexity index is 1680. The van der Waals surface area contributed by atoms with Crippen molar-refractivity contribution in [2.75, 3.05) is 55.7 Å². The Morgan fingerprint density at radius 1 is 1.14 bits per heavy atom. The molecule has 0 aliphatic carbocycles. The molecular weight excluding hydrogens is 590 g/mol. The number of benzene rings is 1. The number of anilines is 3. The van der Waals surface area contributed by atoms with E-state index in [4.69, 9.17) is 21.3 Å². The van der Waals surface area contributed by atoms with Gasteiger partial charge in [-0.15, -0.1) is 0 Å². The van der Waals surface area contributed by atoms with Crippen LogP contribution in [-0.2, 0) is 7.05 Å². The fourth-order valence-corrected chi connectivity index (χ4v) is 5.22. The van der Waals surface area contributed by atoms with Gasteiger partial charge in [-0.2, -0.15) is 4.98 Å². The van der Waals surface area contributed by atoms with Gasteiger partial charge in [0.2, 0.25) is 5.95 Å². The molecule has 14 heteroatoms. The van der Waals surface area contributed by atoms with E-state index in [9.17, 15) is 9.59 Å². The Morgan fingerprint density at radius 3 is 2.60 bits per heavy atom. The van der Waals surface area contributed by atoms with Gasteiger partial charge in [-0.05, 0) is 50.1 Å². The summed E-state index contributed by atoms with van der Waals surface area (Å²) in [7, 11) is 7.16. The summed E-state index contributed by atoms with van der Waals surface area (Å²) >= 11 is 7.28.